The molecule has 0 saturated carbocycles. The molecule has 0 spiro atoms. The monoisotopic (exact) mass is 248 g/mol. The predicted octanol–water partition coefficient (Wildman–Crippen LogP) is 3.52. The van der Waals surface area contributed by atoms with Gasteiger partial charge in [-0.1, -0.05) is 20.8 Å². The average Bonchev–Trinajstić information content (AvgIpc) is 2.27. The number of amides is 1. The van der Waals surface area contributed by atoms with Crippen LogP contribution >= 0.6 is 0 Å². The molecule has 18 heavy (non-hydrogen) atoms. The Hall–Kier alpha value is -1.51. The van der Waals surface area contributed by atoms with Gasteiger partial charge in [0, 0.05) is 31.9 Å². The third kappa shape index (κ3) is 4.78. The predicted molar refractivity (Wildman–Crippen MR) is 78.1 cm³/mol. The van der Waals surface area contributed by atoms with Crippen LogP contribution in [0.3, 0.4) is 0 Å². The van der Waals surface area contributed by atoms with Gasteiger partial charge in [0.15, 0.2) is 0 Å². The second kappa shape index (κ2) is 5.89. The number of anilines is 2. The SMILES string of the molecule is CC(=O)N(C)c1ccc(NCCC(C)(C)C)cc1. The number of carbonyl (C=O) groups is 1. The van der Waals surface area contributed by atoms with Crippen molar-refractivity contribution in [2.75, 3.05) is 23.8 Å². The summed E-state index contributed by atoms with van der Waals surface area (Å²) in [5.74, 6) is 0.0449. The minimum absolute atomic E-state index is 0.0449. The van der Waals surface area contributed by atoms with Gasteiger partial charge in [-0.3, -0.25) is 4.79 Å². The fourth-order valence-corrected chi connectivity index (χ4v) is 1.57. The van der Waals surface area contributed by atoms with Crippen LogP contribution in [0.15, 0.2) is 24.3 Å². The van der Waals surface area contributed by atoms with E-state index in [1.165, 1.54) is 0 Å². The van der Waals surface area contributed by atoms with Gasteiger partial charge in [-0.05, 0) is 36.1 Å². The quantitative estimate of drug-likeness (QED) is 0.884. The summed E-state index contributed by atoms with van der Waals surface area (Å²) in [6.07, 6.45) is 1.13. The molecule has 0 aliphatic heterocycles. The number of hydrogen-bond donors (Lipinski definition) is 1. The van der Waals surface area contributed by atoms with Crippen molar-refractivity contribution in [3.05, 3.63) is 24.3 Å². The molecule has 1 N–H and O–H groups in total. The van der Waals surface area contributed by atoms with Crippen LogP contribution in [0.5, 0.6) is 0 Å². The van der Waals surface area contributed by atoms with Crippen LogP contribution in [0.25, 0.3) is 0 Å². The summed E-state index contributed by atoms with van der Waals surface area (Å²) in [5, 5.41) is 3.39. The minimum atomic E-state index is 0.0449. The van der Waals surface area contributed by atoms with Gasteiger partial charge in [-0.15, -0.1) is 0 Å². The van der Waals surface area contributed by atoms with Crippen molar-refractivity contribution in [1.29, 1.82) is 0 Å². The van der Waals surface area contributed by atoms with E-state index < -0.39 is 0 Å². The Kier molecular flexibility index (Phi) is 4.76. The molecule has 0 saturated heterocycles. The number of rotatable bonds is 4. The highest BCUT2D eigenvalue weighted by Crippen LogP contribution is 2.20. The zero-order valence-corrected chi connectivity index (χ0v) is 12.1. The van der Waals surface area contributed by atoms with Crippen LogP contribution in [0.2, 0.25) is 0 Å². The van der Waals surface area contributed by atoms with Gasteiger partial charge in [0.1, 0.15) is 0 Å². The van der Waals surface area contributed by atoms with Crippen LogP contribution in [0.4, 0.5) is 11.4 Å². The molecule has 1 aromatic carbocycles. The summed E-state index contributed by atoms with van der Waals surface area (Å²) in [6.45, 7) is 9.24. The van der Waals surface area contributed by atoms with Gasteiger partial charge < -0.3 is 10.2 Å². The molecule has 0 unspecified atom stereocenters. The summed E-state index contributed by atoms with van der Waals surface area (Å²) in [4.78, 5) is 12.9. The molecule has 1 amide bonds. The van der Waals surface area contributed by atoms with E-state index in [0.717, 1.165) is 24.3 Å². The fourth-order valence-electron chi connectivity index (χ4n) is 1.57. The first-order valence-electron chi connectivity index (χ1n) is 6.38. The van der Waals surface area contributed by atoms with E-state index >= 15 is 0 Å². The minimum Gasteiger partial charge on any atom is -0.385 e. The Balaban J connectivity index is 2.53. The number of hydrogen-bond acceptors (Lipinski definition) is 2. The molecule has 100 valence electrons. The molecule has 3 heteroatoms. The van der Waals surface area contributed by atoms with Crippen molar-refractivity contribution in [2.45, 2.75) is 34.1 Å². The first kappa shape index (κ1) is 14.6. The molecular formula is C15H24N2O. The smallest absolute Gasteiger partial charge is 0.223 e. The van der Waals surface area contributed by atoms with Crippen molar-refractivity contribution in [1.82, 2.24) is 0 Å². The second-order valence-corrected chi connectivity index (χ2v) is 5.86. The zero-order chi connectivity index (χ0) is 13.8. The number of nitrogens with zero attached hydrogens (tertiary/aromatic N) is 1. The first-order chi connectivity index (χ1) is 8.29. The highest BCUT2D eigenvalue weighted by molar-refractivity contribution is 5.90. The maximum absolute atomic E-state index is 11.2. The second-order valence-electron chi connectivity index (χ2n) is 5.86. The molecule has 1 rings (SSSR count). The van der Waals surface area contributed by atoms with Crippen LogP contribution in [0.1, 0.15) is 34.1 Å². The Bertz CT molecular complexity index is 390. The fraction of sp³-hybridized carbons (Fsp3) is 0.533. The largest absolute Gasteiger partial charge is 0.385 e. The van der Waals surface area contributed by atoms with Crippen molar-refractivity contribution in [2.24, 2.45) is 5.41 Å². The molecule has 0 heterocycles. The first-order valence-corrected chi connectivity index (χ1v) is 6.38. The summed E-state index contributed by atoms with van der Waals surface area (Å²) in [7, 11) is 1.78. The Morgan fingerprint density at radius 2 is 1.78 bits per heavy atom. The Labute approximate surface area is 110 Å². The van der Waals surface area contributed by atoms with E-state index in [9.17, 15) is 4.79 Å². The van der Waals surface area contributed by atoms with Gasteiger partial charge >= 0.3 is 0 Å². The summed E-state index contributed by atoms with van der Waals surface area (Å²) >= 11 is 0. The molecule has 0 atom stereocenters. The molecular weight excluding hydrogens is 224 g/mol. The lowest BCUT2D eigenvalue weighted by atomic mass is 9.92. The topological polar surface area (TPSA) is 32.3 Å². The lowest BCUT2D eigenvalue weighted by molar-refractivity contribution is -0.116. The van der Waals surface area contributed by atoms with E-state index in [-0.39, 0.29) is 5.91 Å². The average molecular weight is 248 g/mol. The summed E-state index contributed by atoms with van der Waals surface area (Å²) < 4.78 is 0. The third-order valence-electron chi connectivity index (χ3n) is 2.93. The normalized spacial score (nSPS) is 11.2. The standard InChI is InChI=1S/C15H24N2O/c1-12(18)17(5)14-8-6-13(7-9-14)16-11-10-15(2,3)4/h6-9,16H,10-11H2,1-5H3. The van der Waals surface area contributed by atoms with Crippen molar-refractivity contribution < 1.29 is 4.79 Å². The number of carbonyl (C=O) groups excluding carboxylic acids is 1. The highest BCUT2D eigenvalue weighted by Gasteiger charge is 2.09. The number of benzene rings is 1. The van der Waals surface area contributed by atoms with Crippen LogP contribution < -0.4 is 10.2 Å². The van der Waals surface area contributed by atoms with Crippen LogP contribution in [0, 0.1) is 5.41 Å². The van der Waals surface area contributed by atoms with E-state index in [2.05, 4.69) is 26.1 Å². The Morgan fingerprint density at radius 1 is 1.22 bits per heavy atom. The highest BCUT2D eigenvalue weighted by atomic mass is 16.2. The van der Waals surface area contributed by atoms with Crippen molar-refractivity contribution in [3.8, 4) is 0 Å². The van der Waals surface area contributed by atoms with Crippen molar-refractivity contribution >= 4 is 17.3 Å². The molecule has 0 aliphatic carbocycles. The third-order valence-corrected chi connectivity index (χ3v) is 2.93. The lowest BCUT2D eigenvalue weighted by Crippen LogP contribution is -2.22. The van der Waals surface area contributed by atoms with Gasteiger partial charge in [0.25, 0.3) is 0 Å². The maximum atomic E-state index is 11.2. The van der Waals surface area contributed by atoms with Gasteiger partial charge in [-0.25, -0.2) is 0 Å². The lowest BCUT2D eigenvalue weighted by Gasteiger charge is -2.19. The molecule has 0 fully saturated rings. The zero-order valence-electron chi connectivity index (χ0n) is 12.1. The summed E-state index contributed by atoms with van der Waals surface area (Å²) in [5.41, 5.74) is 2.37. The molecule has 1 aromatic rings. The van der Waals surface area contributed by atoms with E-state index in [4.69, 9.17) is 0 Å². The molecule has 0 aliphatic rings. The van der Waals surface area contributed by atoms with E-state index in [1.807, 2.05) is 24.3 Å². The molecule has 0 aromatic heterocycles. The summed E-state index contributed by atoms with van der Waals surface area (Å²) in [6, 6.07) is 7.94. The number of nitrogens with one attached hydrogen (secondary N) is 1. The molecule has 0 bridgehead atoms. The maximum Gasteiger partial charge on any atom is 0.223 e. The van der Waals surface area contributed by atoms with Crippen LogP contribution in [-0.2, 0) is 4.79 Å². The van der Waals surface area contributed by atoms with Gasteiger partial charge in [0.2, 0.25) is 5.91 Å². The van der Waals surface area contributed by atoms with Gasteiger partial charge in [-0.2, -0.15) is 0 Å². The van der Waals surface area contributed by atoms with Crippen LogP contribution in [-0.4, -0.2) is 19.5 Å². The van der Waals surface area contributed by atoms with E-state index in [0.29, 0.717) is 5.41 Å². The molecule has 3 nitrogen and oxygen atoms in total. The van der Waals surface area contributed by atoms with E-state index in [1.54, 1.807) is 18.9 Å². The van der Waals surface area contributed by atoms with Crippen molar-refractivity contribution in [3.63, 3.8) is 0 Å². The van der Waals surface area contributed by atoms with Gasteiger partial charge in [0.05, 0.1) is 0 Å². The molecule has 0 radical (unpaired) electrons. The Morgan fingerprint density at radius 3 is 2.22 bits per heavy atom.